The minimum atomic E-state index is 0.473. The first-order valence-electron chi connectivity index (χ1n) is 4.35. The third-order valence-electron chi connectivity index (χ3n) is 2.21. The summed E-state index contributed by atoms with van der Waals surface area (Å²) in [4.78, 5) is 8.23. The first kappa shape index (κ1) is 8.16. The zero-order valence-corrected chi connectivity index (χ0v) is 8.02. The van der Waals surface area contributed by atoms with Gasteiger partial charge in [0.2, 0.25) is 0 Å². The second kappa shape index (κ2) is 2.80. The fraction of sp³-hybridized carbons (Fsp3) is 0.444. The standard InChI is InChI=1S/C9H12N4/c1-6(2)8-4-10-9-11-5-12-13(9)7(8)3/h4-6H,1-3H3. The first-order valence-corrected chi connectivity index (χ1v) is 4.35. The summed E-state index contributed by atoms with van der Waals surface area (Å²) in [5.41, 5.74) is 2.34. The average molecular weight is 176 g/mol. The van der Waals surface area contributed by atoms with Crippen molar-refractivity contribution >= 4 is 5.78 Å². The van der Waals surface area contributed by atoms with Gasteiger partial charge >= 0.3 is 0 Å². The Morgan fingerprint density at radius 3 is 2.77 bits per heavy atom. The lowest BCUT2D eigenvalue weighted by molar-refractivity contribution is 0.792. The van der Waals surface area contributed by atoms with Crippen molar-refractivity contribution in [2.75, 3.05) is 0 Å². The van der Waals surface area contributed by atoms with E-state index < -0.39 is 0 Å². The molecule has 0 N–H and O–H groups in total. The predicted molar refractivity (Wildman–Crippen MR) is 49.6 cm³/mol. The lowest BCUT2D eigenvalue weighted by atomic mass is 10.0. The van der Waals surface area contributed by atoms with Crippen molar-refractivity contribution in [3.05, 3.63) is 23.8 Å². The van der Waals surface area contributed by atoms with Crippen LogP contribution in [0.3, 0.4) is 0 Å². The Morgan fingerprint density at radius 1 is 1.31 bits per heavy atom. The number of nitrogens with zero attached hydrogens (tertiary/aromatic N) is 4. The molecule has 0 aliphatic heterocycles. The smallest absolute Gasteiger partial charge is 0.219 e. The van der Waals surface area contributed by atoms with Crippen LogP contribution in [-0.2, 0) is 0 Å². The van der Waals surface area contributed by atoms with E-state index in [0.717, 1.165) is 5.69 Å². The van der Waals surface area contributed by atoms with Crippen molar-refractivity contribution in [3.63, 3.8) is 0 Å². The van der Waals surface area contributed by atoms with E-state index in [4.69, 9.17) is 0 Å². The van der Waals surface area contributed by atoms with Gasteiger partial charge in [-0.2, -0.15) is 10.1 Å². The SMILES string of the molecule is Cc1c(C(C)C)cnc2ncnn12. The Hall–Kier alpha value is -1.45. The summed E-state index contributed by atoms with van der Waals surface area (Å²) >= 11 is 0. The number of aryl methyl sites for hydroxylation is 1. The quantitative estimate of drug-likeness (QED) is 0.662. The molecule has 0 unspecified atom stereocenters. The van der Waals surface area contributed by atoms with Crippen molar-refractivity contribution in [1.82, 2.24) is 19.6 Å². The first-order chi connectivity index (χ1) is 6.20. The second-order valence-electron chi connectivity index (χ2n) is 3.43. The molecule has 68 valence electrons. The van der Waals surface area contributed by atoms with E-state index >= 15 is 0 Å². The van der Waals surface area contributed by atoms with Crippen LogP contribution in [0.4, 0.5) is 0 Å². The fourth-order valence-electron chi connectivity index (χ4n) is 1.47. The van der Waals surface area contributed by atoms with E-state index in [2.05, 4.69) is 28.9 Å². The molecule has 2 aromatic heterocycles. The van der Waals surface area contributed by atoms with Gasteiger partial charge in [-0.15, -0.1) is 0 Å². The molecule has 4 nitrogen and oxygen atoms in total. The zero-order chi connectivity index (χ0) is 9.42. The van der Waals surface area contributed by atoms with Gasteiger partial charge < -0.3 is 0 Å². The number of rotatable bonds is 1. The van der Waals surface area contributed by atoms with Gasteiger partial charge in [-0.3, -0.25) is 0 Å². The molecule has 0 radical (unpaired) electrons. The van der Waals surface area contributed by atoms with Gasteiger partial charge in [0, 0.05) is 11.9 Å². The zero-order valence-electron chi connectivity index (χ0n) is 8.02. The van der Waals surface area contributed by atoms with Gasteiger partial charge in [-0.25, -0.2) is 9.50 Å². The van der Waals surface area contributed by atoms with Gasteiger partial charge in [0.15, 0.2) is 0 Å². The molecule has 4 heteroatoms. The van der Waals surface area contributed by atoms with Gasteiger partial charge in [-0.1, -0.05) is 13.8 Å². The molecule has 0 aliphatic carbocycles. The van der Waals surface area contributed by atoms with Gasteiger partial charge in [-0.05, 0) is 18.4 Å². The number of aromatic nitrogens is 4. The topological polar surface area (TPSA) is 43.1 Å². The summed E-state index contributed by atoms with van der Waals surface area (Å²) in [6.45, 7) is 6.33. The second-order valence-corrected chi connectivity index (χ2v) is 3.43. The molecule has 0 saturated heterocycles. The molecule has 0 aliphatic rings. The average Bonchev–Trinajstić information content (AvgIpc) is 2.52. The van der Waals surface area contributed by atoms with Gasteiger partial charge in [0.25, 0.3) is 5.78 Å². The molecule has 0 saturated carbocycles. The molecule has 0 spiro atoms. The number of hydrogen-bond donors (Lipinski definition) is 0. The van der Waals surface area contributed by atoms with Crippen molar-refractivity contribution in [2.24, 2.45) is 0 Å². The molecular formula is C9H12N4. The highest BCUT2D eigenvalue weighted by Gasteiger charge is 2.08. The summed E-state index contributed by atoms with van der Waals surface area (Å²) in [5.74, 6) is 1.14. The monoisotopic (exact) mass is 176 g/mol. The van der Waals surface area contributed by atoms with Crippen LogP contribution in [0.15, 0.2) is 12.5 Å². The van der Waals surface area contributed by atoms with E-state index in [1.54, 1.807) is 4.52 Å². The number of fused-ring (bicyclic) bond motifs is 1. The van der Waals surface area contributed by atoms with Crippen LogP contribution in [0, 0.1) is 6.92 Å². The van der Waals surface area contributed by atoms with Crippen LogP contribution in [0.25, 0.3) is 5.78 Å². The Bertz CT molecular complexity index is 430. The highest BCUT2D eigenvalue weighted by atomic mass is 15.3. The maximum atomic E-state index is 4.21. The van der Waals surface area contributed by atoms with E-state index in [9.17, 15) is 0 Å². The Balaban J connectivity index is 2.73. The Morgan fingerprint density at radius 2 is 2.08 bits per heavy atom. The van der Waals surface area contributed by atoms with Crippen molar-refractivity contribution in [2.45, 2.75) is 26.7 Å². The Labute approximate surface area is 76.6 Å². The third kappa shape index (κ3) is 1.18. The highest BCUT2D eigenvalue weighted by Crippen LogP contribution is 2.17. The summed E-state index contributed by atoms with van der Waals surface area (Å²) < 4.78 is 1.77. The van der Waals surface area contributed by atoms with Gasteiger partial charge in [0.1, 0.15) is 6.33 Å². The summed E-state index contributed by atoms with van der Waals surface area (Å²) in [6, 6.07) is 0. The maximum absolute atomic E-state index is 4.21. The van der Waals surface area contributed by atoms with Crippen LogP contribution < -0.4 is 0 Å². The molecule has 13 heavy (non-hydrogen) atoms. The summed E-state index contributed by atoms with van der Waals surface area (Å²) in [7, 11) is 0. The van der Waals surface area contributed by atoms with E-state index in [1.165, 1.54) is 11.9 Å². The summed E-state index contributed by atoms with van der Waals surface area (Å²) in [5, 5.41) is 4.10. The van der Waals surface area contributed by atoms with E-state index in [-0.39, 0.29) is 0 Å². The van der Waals surface area contributed by atoms with Crippen molar-refractivity contribution in [1.29, 1.82) is 0 Å². The third-order valence-corrected chi connectivity index (χ3v) is 2.21. The molecule has 2 heterocycles. The molecule has 0 aromatic carbocycles. The Kier molecular flexibility index (Phi) is 1.76. The normalized spacial score (nSPS) is 11.4. The minimum absolute atomic E-state index is 0.473. The summed E-state index contributed by atoms with van der Waals surface area (Å²) in [6.07, 6.45) is 3.41. The lowest BCUT2D eigenvalue weighted by Gasteiger charge is -2.08. The van der Waals surface area contributed by atoms with Crippen LogP contribution in [-0.4, -0.2) is 19.6 Å². The van der Waals surface area contributed by atoms with E-state index in [0.29, 0.717) is 11.7 Å². The molecule has 2 aromatic rings. The minimum Gasteiger partial charge on any atom is -0.219 e. The van der Waals surface area contributed by atoms with Crippen LogP contribution in [0.1, 0.15) is 31.0 Å². The molecule has 0 bridgehead atoms. The van der Waals surface area contributed by atoms with Crippen LogP contribution >= 0.6 is 0 Å². The van der Waals surface area contributed by atoms with Crippen LogP contribution in [0.2, 0.25) is 0 Å². The highest BCUT2D eigenvalue weighted by molar-refractivity contribution is 5.32. The fourth-order valence-corrected chi connectivity index (χ4v) is 1.47. The van der Waals surface area contributed by atoms with Crippen molar-refractivity contribution in [3.8, 4) is 0 Å². The molecule has 2 rings (SSSR count). The van der Waals surface area contributed by atoms with Crippen molar-refractivity contribution < 1.29 is 0 Å². The lowest BCUT2D eigenvalue weighted by Crippen LogP contribution is -2.02. The van der Waals surface area contributed by atoms with E-state index in [1.807, 2.05) is 13.1 Å². The maximum Gasteiger partial charge on any atom is 0.252 e. The van der Waals surface area contributed by atoms with Gasteiger partial charge in [0.05, 0.1) is 0 Å². The largest absolute Gasteiger partial charge is 0.252 e. The molecule has 0 amide bonds. The predicted octanol–water partition coefficient (Wildman–Crippen LogP) is 1.56. The molecule has 0 fully saturated rings. The van der Waals surface area contributed by atoms with Crippen LogP contribution in [0.5, 0.6) is 0 Å². The molecular weight excluding hydrogens is 164 g/mol. The molecule has 0 atom stereocenters. The number of hydrogen-bond acceptors (Lipinski definition) is 3.